The van der Waals surface area contributed by atoms with E-state index in [0.717, 1.165) is 36.6 Å². The summed E-state index contributed by atoms with van der Waals surface area (Å²) in [7, 11) is 0. The van der Waals surface area contributed by atoms with Gasteiger partial charge in [0.1, 0.15) is 5.84 Å². The van der Waals surface area contributed by atoms with Gasteiger partial charge >= 0.3 is 0 Å². The second-order valence-electron chi connectivity index (χ2n) is 7.47. The molecule has 0 atom stereocenters. The Kier molecular flexibility index (Phi) is 5.18. The summed E-state index contributed by atoms with van der Waals surface area (Å²) in [5.74, 6) is 1.19. The zero-order chi connectivity index (χ0) is 18.3. The van der Waals surface area contributed by atoms with E-state index in [1.54, 1.807) is 0 Å². The third-order valence-electron chi connectivity index (χ3n) is 5.91. The van der Waals surface area contributed by atoms with Crippen LogP contribution >= 0.6 is 24.0 Å². The summed E-state index contributed by atoms with van der Waals surface area (Å²) in [5, 5.41) is 0.755. The average Bonchev–Trinajstić information content (AvgIpc) is 2.73. The monoisotopic (exact) mass is 408 g/mol. The largest absolute Gasteiger partial charge is 0.354 e. The third kappa shape index (κ3) is 3.21. The van der Waals surface area contributed by atoms with Crippen LogP contribution in [0, 0.1) is 0 Å². The van der Waals surface area contributed by atoms with Crippen molar-refractivity contribution in [2.45, 2.75) is 24.8 Å². The Labute approximate surface area is 177 Å². The lowest BCUT2D eigenvalue weighted by atomic mass is 9.69. The van der Waals surface area contributed by atoms with Gasteiger partial charge in [0.25, 0.3) is 0 Å². The number of rotatable bonds is 2. The summed E-state index contributed by atoms with van der Waals surface area (Å²) in [4.78, 5) is 7.40. The Bertz CT molecular complexity index is 960. The zero-order valence-corrected chi connectivity index (χ0v) is 17.1. The lowest BCUT2D eigenvalue weighted by Gasteiger charge is -2.46. The highest BCUT2D eigenvalue weighted by atomic mass is 35.5. The quantitative estimate of drug-likeness (QED) is 0.479. The van der Waals surface area contributed by atoms with E-state index in [2.05, 4.69) is 71.6 Å². The Morgan fingerprint density at radius 1 is 0.857 bits per heavy atom. The standard InChI is InChI=1S/C24H21ClN2.ClH/c25-21-12-11-18-16-27-17-24(19-7-3-1-4-8-19,20-9-5-2-6-10-20)14-13-23(27)26-22(18)15-21;/h1-12,15H,13-14,16-17H2;1H. The van der Waals surface area contributed by atoms with Crippen LogP contribution in [-0.4, -0.2) is 17.3 Å². The molecule has 2 heterocycles. The molecule has 0 unspecified atom stereocenters. The van der Waals surface area contributed by atoms with E-state index in [-0.39, 0.29) is 17.8 Å². The van der Waals surface area contributed by atoms with Crippen LogP contribution in [0.1, 0.15) is 29.5 Å². The minimum absolute atomic E-state index is 0. The fraction of sp³-hybridized carbons (Fsp3) is 0.208. The highest BCUT2D eigenvalue weighted by molar-refractivity contribution is 6.30. The number of hydrogen-bond acceptors (Lipinski definition) is 2. The maximum atomic E-state index is 6.17. The highest BCUT2D eigenvalue weighted by Crippen LogP contribution is 2.43. The molecule has 2 nitrogen and oxygen atoms in total. The molecule has 142 valence electrons. The van der Waals surface area contributed by atoms with Crippen molar-refractivity contribution in [3.63, 3.8) is 0 Å². The molecular weight excluding hydrogens is 387 g/mol. The van der Waals surface area contributed by atoms with Gasteiger partial charge in [-0.05, 0) is 35.2 Å². The van der Waals surface area contributed by atoms with Crippen molar-refractivity contribution >= 4 is 35.5 Å². The van der Waals surface area contributed by atoms with E-state index in [0.29, 0.717) is 0 Å². The molecule has 2 aliphatic heterocycles. The van der Waals surface area contributed by atoms with Crippen LogP contribution in [0.4, 0.5) is 5.69 Å². The van der Waals surface area contributed by atoms with Crippen LogP contribution in [0.3, 0.4) is 0 Å². The Balaban J connectivity index is 0.00000192. The van der Waals surface area contributed by atoms with Crippen LogP contribution in [-0.2, 0) is 12.0 Å². The lowest BCUT2D eigenvalue weighted by Crippen LogP contribution is -2.50. The van der Waals surface area contributed by atoms with E-state index in [1.165, 1.54) is 22.5 Å². The normalized spacial score (nSPS) is 17.0. The van der Waals surface area contributed by atoms with E-state index < -0.39 is 0 Å². The Hall–Kier alpha value is -2.29. The molecule has 0 N–H and O–H groups in total. The van der Waals surface area contributed by atoms with Gasteiger partial charge in [-0.2, -0.15) is 0 Å². The second-order valence-corrected chi connectivity index (χ2v) is 7.91. The number of halogens is 2. The fourth-order valence-corrected chi connectivity index (χ4v) is 4.69. The van der Waals surface area contributed by atoms with Gasteiger partial charge in [0.15, 0.2) is 0 Å². The second kappa shape index (κ2) is 7.62. The molecule has 0 radical (unpaired) electrons. The van der Waals surface area contributed by atoms with Gasteiger partial charge in [0.2, 0.25) is 0 Å². The van der Waals surface area contributed by atoms with Crippen LogP contribution in [0.5, 0.6) is 0 Å². The first-order valence-corrected chi connectivity index (χ1v) is 9.84. The predicted octanol–water partition coefficient (Wildman–Crippen LogP) is 6.39. The first-order valence-electron chi connectivity index (χ1n) is 9.47. The number of benzene rings is 3. The van der Waals surface area contributed by atoms with Crippen LogP contribution in [0.2, 0.25) is 5.02 Å². The topological polar surface area (TPSA) is 15.6 Å². The number of amidine groups is 1. The predicted molar refractivity (Wildman–Crippen MR) is 119 cm³/mol. The molecule has 5 rings (SSSR count). The number of piperidine rings is 1. The highest BCUT2D eigenvalue weighted by Gasteiger charge is 2.41. The summed E-state index contributed by atoms with van der Waals surface area (Å²) in [5.41, 5.74) is 5.04. The summed E-state index contributed by atoms with van der Waals surface area (Å²) in [6.07, 6.45) is 2.03. The van der Waals surface area contributed by atoms with Gasteiger partial charge in [-0.25, -0.2) is 4.99 Å². The molecule has 0 spiro atoms. The van der Waals surface area contributed by atoms with E-state index in [1.807, 2.05) is 12.1 Å². The van der Waals surface area contributed by atoms with Crippen LogP contribution in [0.15, 0.2) is 83.9 Å². The molecule has 28 heavy (non-hydrogen) atoms. The molecular formula is C24H22Cl2N2. The molecule has 0 aliphatic carbocycles. The van der Waals surface area contributed by atoms with Gasteiger partial charge in [-0.1, -0.05) is 78.3 Å². The Morgan fingerprint density at radius 3 is 2.14 bits per heavy atom. The number of fused-ring (bicyclic) bond motifs is 2. The summed E-state index contributed by atoms with van der Waals surface area (Å²) in [6.45, 7) is 1.84. The van der Waals surface area contributed by atoms with Crippen molar-refractivity contribution in [3.05, 3.63) is 101 Å². The van der Waals surface area contributed by atoms with Gasteiger partial charge in [0.05, 0.1) is 5.69 Å². The SMILES string of the molecule is Cl.Clc1ccc2c(c1)N=C1CCC(c3ccccc3)(c3ccccc3)CN1C2. The van der Waals surface area contributed by atoms with E-state index in [9.17, 15) is 0 Å². The Morgan fingerprint density at radius 2 is 1.50 bits per heavy atom. The van der Waals surface area contributed by atoms with Gasteiger partial charge in [-0.3, -0.25) is 0 Å². The number of nitrogens with zero attached hydrogens (tertiary/aromatic N) is 2. The molecule has 1 fully saturated rings. The maximum absolute atomic E-state index is 6.17. The van der Waals surface area contributed by atoms with Gasteiger partial charge in [0, 0.05) is 29.9 Å². The van der Waals surface area contributed by atoms with E-state index in [4.69, 9.17) is 16.6 Å². The zero-order valence-electron chi connectivity index (χ0n) is 15.5. The fourth-order valence-electron chi connectivity index (χ4n) is 4.52. The van der Waals surface area contributed by atoms with Gasteiger partial charge < -0.3 is 4.90 Å². The molecule has 0 aromatic heterocycles. The average molecular weight is 409 g/mol. The maximum Gasteiger partial charge on any atom is 0.105 e. The minimum atomic E-state index is -0.00846. The van der Waals surface area contributed by atoms with Crippen molar-refractivity contribution in [3.8, 4) is 0 Å². The van der Waals surface area contributed by atoms with Crippen molar-refractivity contribution in [1.82, 2.24) is 4.90 Å². The van der Waals surface area contributed by atoms with Crippen molar-refractivity contribution in [2.75, 3.05) is 6.54 Å². The third-order valence-corrected chi connectivity index (χ3v) is 6.15. The van der Waals surface area contributed by atoms with Crippen molar-refractivity contribution in [2.24, 2.45) is 4.99 Å². The van der Waals surface area contributed by atoms with E-state index >= 15 is 0 Å². The molecule has 0 saturated carbocycles. The minimum Gasteiger partial charge on any atom is -0.354 e. The molecule has 0 bridgehead atoms. The first-order chi connectivity index (χ1) is 13.2. The summed E-state index contributed by atoms with van der Waals surface area (Å²) < 4.78 is 0. The van der Waals surface area contributed by atoms with Gasteiger partial charge in [-0.15, -0.1) is 12.4 Å². The number of aliphatic imine (C=N–C) groups is 1. The summed E-state index contributed by atoms with van der Waals surface area (Å²) in [6, 6.07) is 27.9. The smallest absolute Gasteiger partial charge is 0.105 e. The first kappa shape index (κ1) is 19.0. The molecule has 1 saturated heterocycles. The molecule has 3 aromatic carbocycles. The van der Waals surface area contributed by atoms with Crippen LogP contribution < -0.4 is 0 Å². The summed E-state index contributed by atoms with van der Waals surface area (Å²) >= 11 is 6.17. The van der Waals surface area contributed by atoms with Crippen LogP contribution in [0.25, 0.3) is 0 Å². The lowest BCUT2D eigenvalue weighted by molar-refractivity contribution is 0.272. The van der Waals surface area contributed by atoms with Crippen molar-refractivity contribution in [1.29, 1.82) is 0 Å². The molecule has 3 aromatic rings. The van der Waals surface area contributed by atoms with Crippen molar-refractivity contribution < 1.29 is 0 Å². The number of hydrogen-bond donors (Lipinski definition) is 0. The molecule has 0 amide bonds. The molecule has 2 aliphatic rings. The molecule has 4 heteroatoms.